The van der Waals surface area contributed by atoms with E-state index in [1.165, 1.54) is 0 Å². The predicted molar refractivity (Wildman–Crippen MR) is 117 cm³/mol. The summed E-state index contributed by atoms with van der Waals surface area (Å²) in [6.07, 6.45) is 5.53. The lowest BCUT2D eigenvalue weighted by Crippen LogP contribution is -2.20. The molecule has 0 atom stereocenters. The highest BCUT2D eigenvalue weighted by molar-refractivity contribution is 7.98. The maximum Gasteiger partial charge on any atom is 0.263 e. The van der Waals surface area contributed by atoms with Crippen LogP contribution in [-0.4, -0.2) is 15.8 Å². The van der Waals surface area contributed by atoms with Gasteiger partial charge in [-0.2, -0.15) is 5.26 Å². The summed E-state index contributed by atoms with van der Waals surface area (Å²) in [5.41, 5.74) is 3.72. The fraction of sp³-hybridized carbons (Fsp3) is 0.0417. The molecule has 0 bridgehead atoms. The topological polar surface area (TPSA) is 58.7 Å². The molecule has 0 aliphatic rings. The zero-order valence-corrected chi connectivity index (χ0v) is 16.6. The molecule has 2 aromatic heterocycles. The van der Waals surface area contributed by atoms with Crippen molar-refractivity contribution in [2.45, 2.75) is 4.90 Å². The lowest BCUT2D eigenvalue weighted by molar-refractivity contribution is 0.987. The monoisotopic (exact) mass is 395 g/mol. The summed E-state index contributed by atoms with van der Waals surface area (Å²) in [7, 11) is 0. The molecule has 4 rings (SSSR count). The van der Waals surface area contributed by atoms with Crippen LogP contribution in [0.5, 0.6) is 0 Å². The zero-order valence-electron chi connectivity index (χ0n) is 15.7. The summed E-state index contributed by atoms with van der Waals surface area (Å²) in [6.45, 7) is 0. The maximum atomic E-state index is 13.4. The van der Waals surface area contributed by atoms with Gasteiger partial charge in [0.15, 0.2) is 0 Å². The van der Waals surface area contributed by atoms with Gasteiger partial charge in [-0.05, 0) is 48.7 Å². The Balaban J connectivity index is 2.03. The molecule has 0 radical (unpaired) electrons. The Labute approximate surface area is 173 Å². The van der Waals surface area contributed by atoms with Crippen LogP contribution < -0.4 is 5.56 Å². The van der Waals surface area contributed by atoms with E-state index in [9.17, 15) is 10.1 Å². The highest BCUT2D eigenvalue weighted by atomic mass is 32.2. The van der Waals surface area contributed by atoms with Gasteiger partial charge in [-0.1, -0.05) is 30.3 Å². The quantitative estimate of drug-likeness (QED) is 0.448. The molecular formula is C24H17N3OS. The number of thioether (sulfide) groups is 1. The lowest BCUT2D eigenvalue weighted by Gasteiger charge is -2.13. The molecule has 0 amide bonds. The largest absolute Gasteiger partial charge is 0.283 e. The number of nitrogens with zero attached hydrogens (tertiary/aromatic N) is 3. The number of benzene rings is 2. The van der Waals surface area contributed by atoms with Crippen molar-refractivity contribution in [3.8, 4) is 34.1 Å². The van der Waals surface area contributed by atoms with E-state index in [4.69, 9.17) is 0 Å². The van der Waals surface area contributed by atoms with E-state index in [1.807, 2.05) is 67.0 Å². The van der Waals surface area contributed by atoms with Crippen LogP contribution in [-0.2, 0) is 0 Å². The van der Waals surface area contributed by atoms with Crippen molar-refractivity contribution in [3.05, 3.63) is 101 Å². The van der Waals surface area contributed by atoms with Gasteiger partial charge in [0.05, 0.1) is 17.3 Å². The van der Waals surface area contributed by atoms with E-state index in [0.717, 1.165) is 21.8 Å². The summed E-state index contributed by atoms with van der Waals surface area (Å²) in [5.74, 6) is 0. The van der Waals surface area contributed by atoms with Gasteiger partial charge in [0.1, 0.15) is 0 Å². The predicted octanol–water partition coefficient (Wildman–Crippen LogP) is 5.16. The van der Waals surface area contributed by atoms with Crippen LogP contribution in [0.15, 0.2) is 94.9 Å². The first-order chi connectivity index (χ1) is 14.2. The molecule has 0 unspecified atom stereocenters. The van der Waals surface area contributed by atoms with E-state index in [0.29, 0.717) is 16.7 Å². The van der Waals surface area contributed by atoms with Crippen LogP contribution >= 0.6 is 11.8 Å². The molecule has 140 valence electrons. The van der Waals surface area contributed by atoms with Crippen molar-refractivity contribution in [3.63, 3.8) is 0 Å². The second-order valence-electron chi connectivity index (χ2n) is 6.39. The van der Waals surface area contributed by atoms with Crippen molar-refractivity contribution in [1.29, 1.82) is 5.26 Å². The first kappa shape index (κ1) is 18.7. The zero-order chi connectivity index (χ0) is 20.2. The lowest BCUT2D eigenvalue weighted by atomic mass is 9.99. The number of aromatic nitrogens is 2. The third kappa shape index (κ3) is 3.71. The maximum absolute atomic E-state index is 13.4. The molecule has 5 heteroatoms. The second-order valence-corrected chi connectivity index (χ2v) is 7.27. The van der Waals surface area contributed by atoms with Crippen molar-refractivity contribution in [1.82, 2.24) is 9.55 Å². The summed E-state index contributed by atoms with van der Waals surface area (Å²) in [5, 5.41) is 9.54. The van der Waals surface area contributed by atoms with Crippen LogP contribution in [0.25, 0.3) is 28.1 Å². The van der Waals surface area contributed by atoms with Gasteiger partial charge in [0.25, 0.3) is 5.56 Å². The normalized spacial score (nSPS) is 10.5. The Morgan fingerprint density at radius 3 is 2.55 bits per heavy atom. The van der Waals surface area contributed by atoms with E-state index in [2.05, 4.69) is 11.1 Å². The Hall–Kier alpha value is -3.62. The fourth-order valence-electron chi connectivity index (χ4n) is 3.22. The van der Waals surface area contributed by atoms with Gasteiger partial charge in [-0.15, -0.1) is 11.8 Å². The van der Waals surface area contributed by atoms with E-state index in [1.54, 1.807) is 40.7 Å². The molecule has 2 heterocycles. The molecule has 4 nitrogen and oxygen atoms in total. The molecule has 29 heavy (non-hydrogen) atoms. The Kier molecular flexibility index (Phi) is 5.28. The number of pyridine rings is 2. The van der Waals surface area contributed by atoms with Crippen LogP contribution in [0.2, 0.25) is 0 Å². The minimum atomic E-state index is -0.175. The van der Waals surface area contributed by atoms with Gasteiger partial charge in [0.2, 0.25) is 0 Å². The molecule has 4 aromatic rings. The number of rotatable bonds is 4. The summed E-state index contributed by atoms with van der Waals surface area (Å²) in [4.78, 5) is 19.0. The summed E-state index contributed by atoms with van der Waals surface area (Å²) in [6, 6.07) is 24.7. The molecule has 0 spiro atoms. The SMILES string of the molecule is CSc1cccc(-n2cc(-c3ccccn3)cc(-c3ccccc3C#N)c2=O)c1. The van der Waals surface area contributed by atoms with Crippen LogP contribution in [0.3, 0.4) is 0 Å². The van der Waals surface area contributed by atoms with E-state index in [-0.39, 0.29) is 5.56 Å². The van der Waals surface area contributed by atoms with Crippen LogP contribution in [0, 0.1) is 11.3 Å². The first-order valence-corrected chi connectivity index (χ1v) is 10.3. The third-order valence-electron chi connectivity index (χ3n) is 4.65. The van der Waals surface area contributed by atoms with Crippen molar-refractivity contribution >= 4 is 11.8 Å². The van der Waals surface area contributed by atoms with Crippen molar-refractivity contribution in [2.24, 2.45) is 0 Å². The Bertz CT molecular complexity index is 1270. The average Bonchev–Trinajstić information content (AvgIpc) is 2.80. The minimum Gasteiger partial charge on any atom is -0.283 e. The highest BCUT2D eigenvalue weighted by Gasteiger charge is 2.15. The molecule has 0 aliphatic carbocycles. The van der Waals surface area contributed by atoms with Gasteiger partial charge in [-0.25, -0.2) is 0 Å². The smallest absolute Gasteiger partial charge is 0.263 e. The van der Waals surface area contributed by atoms with Crippen molar-refractivity contribution in [2.75, 3.05) is 6.26 Å². The molecule has 2 aromatic carbocycles. The number of nitriles is 1. The molecule has 0 saturated carbocycles. The van der Waals surface area contributed by atoms with Crippen molar-refractivity contribution < 1.29 is 0 Å². The standard InChI is InChI=1S/C24H17N3OS/c1-29-20-9-6-8-19(14-20)27-16-18(23-11-4-5-12-26-23)13-22(24(27)28)21-10-3-2-7-17(21)15-25/h2-14,16H,1H3. The number of hydrogen-bond donors (Lipinski definition) is 0. The van der Waals surface area contributed by atoms with Crippen LogP contribution in [0.4, 0.5) is 0 Å². The molecule has 0 N–H and O–H groups in total. The van der Waals surface area contributed by atoms with E-state index < -0.39 is 0 Å². The molecule has 0 aliphatic heterocycles. The minimum absolute atomic E-state index is 0.175. The molecular weight excluding hydrogens is 378 g/mol. The van der Waals surface area contributed by atoms with E-state index >= 15 is 0 Å². The second kappa shape index (κ2) is 8.17. The number of hydrogen-bond acceptors (Lipinski definition) is 4. The highest BCUT2D eigenvalue weighted by Crippen LogP contribution is 2.26. The summed E-state index contributed by atoms with van der Waals surface area (Å²) < 4.78 is 1.63. The third-order valence-corrected chi connectivity index (χ3v) is 5.37. The van der Waals surface area contributed by atoms with Gasteiger partial charge < -0.3 is 0 Å². The first-order valence-electron chi connectivity index (χ1n) is 9.03. The van der Waals surface area contributed by atoms with Gasteiger partial charge >= 0.3 is 0 Å². The fourth-order valence-corrected chi connectivity index (χ4v) is 3.67. The van der Waals surface area contributed by atoms with Crippen LogP contribution in [0.1, 0.15) is 5.56 Å². The summed E-state index contributed by atoms with van der Waals surface area (Å²) >= 11 is 1.62. The Morgan fingerprint density at radius 1 is 0.966 bits per heavy atom. The Morgan fingerprint density at radius 2 is 1.79 bits per heavy atom. The van der Waals surface area contributed by atoms with Gasteiger partial charge in [0, 0.05) is 39.7 Å². The van der Waals surface area contributed by atoms with Gasteiger partial charge in [-0.3, -0.25) is 14.3 Å². The molecule has 0 fully saturated rings. The molecule has 0 saturated heterocycles. The average molecular weight is 395 g/mol.